The van der Waals surface area contributed by atoms with E-state index >= 15 is 0 Å². The van der Waals surface area contributed by atoms with Crippen molar-refractivity contribution < 1.29 is 18.8 Å². The Morgan fingerprint density at radius 3 is 2.69 bits per heavy atom. The van der Waals surface area contributed by atoms with E-state index in [0.717, 1.165) is 24.4 Å². The van der Waals surface area contributed by atoms with Crippen molar-refractivity contribution in [1.29, 1.82) is 0 Å². The summed E-state index contributed by atoms with van der Waals surface area (Å²) in [5.74, 6) is -0.170. The standard InChI is InChI=1S/C21H28F2N4O3S2/c1-14-9-15(32-19(14)11-26(2)3)13-31-8-7-24-20(12-27(29)30)25-10-18(28)21-16(22)5-4-6-17(21)23/h4-6,9,18,28H,7-8,10-13H2,1-3H3,(H,24,25). The van der Waals surface area contributed by atoms with Gasteiger partial charge in [0.15, 0.2) is 5.84 Å². The molecule has 0 aliphatic carbocycles. The number of halogens is 2. The second kappa shape index (κ2) is 12.8. The number of nitro groups is 1. The number of amidine groups is 1. The number of rotatable bonds is 12. The van der Waals surface area contributed by atoms with Crippen LogP contribution < -0.4 is 5.32 Å². The Labute approximate surface area is 194 Å². The second-order valence-electron chi connectivity index (χ2n) is 7.47. The molecule has 176 valence electrons. The summed E-state index contributed by atoms with van der Waals surface area (Å²) in [5.41, 5.74) is 0.787. The number of aryl methyl sites for hydroxylation is 1. The first-order chi connectivity index (χ1) is 15.2. The minimum Gasteiger partial charge on any atom is -0.386 e. The molecule has 1 aromatic heterocycles. The van der Waals surface area contributed by atoms with Crippen LogP contribution in [0.4, 0.5) is 8.78 Å². The molecular weight excluding hydrogens is 458 g/mol. The Morgan fingerprint density at radius 2 is 2.06 bits per heavy atom. The predicted octanol–water partition coefficient (Wildman–Crippen LogP) is 3.63. The van der Waals surface area contributed by atoms with Gasteiger partial charge < -0.3 is 15.3 Å². The lowest BCUT2D eigenvalue weighted by Crippen LogP contribution is -2.32. The van der Waals surface area contributed by atoms with Gasteiger partial charge in [-0.05, 0) is 44.8 Å². The van der Waals surface area contributed by atoms with Crippen molar-refractivity contribution in [2.75, 3.05) is 39.5 Å². The van der Waals surface area contributed by atoms with E-state index in [-0.39, 0.29) is 12.4 Å². The lowest BCUT2D eigenvalue weighted by Gasteiger charge is -2.12. The molecular formula is C21H28F2N4O3S2. The first kappa shape index (κ1) is 26.2. The number of hydrogen-bond acceptors (Lipinski definition) is 7. The van der Waals surface area contributed by atoms with E-state index in [2.05, 4.69) is 28.2 Å². The smallest absolute Gasteiger partial charge is 0.259 e. The number of aliphatic hydroxyl groups excluding tert-OH is 1. The Balaban J connectivity index is 1.85. The van der Waals surface area contributed by atoms with Crippen molar-refractivity contribution in [3.8, 4) is 0 Å². The lowest BCUT2D eigenvalue weighted by atomic mass is 10.1. The average Bonchev–Trinajstić information content (AvgIpc) is 3.03. The highest BCUT2D eigenvalue weighted by atomic mass is 32.2. The highest BCUT2D eigenvalue weighted by Crippen LogP contribution is 2.26. The van der Waals surface area contributed by atoms with Crippen LogP contribution in [0.3, 0.4) is 0 Å². The Kier molecular flexibility index (Phi) is 10.5. The summed E-state index contributed by atoms with van der Waals surface area (Å²) in [4.78, 5) is 19.1. The molecule has 0 radical (unpaired) electrons. The van der Waals surface area contributed by atoms with Crippen LogP contribution >= 0.6 is 23.1 Å². The van der Waals surface area contributed by atoms with Crippen molar-refractivity contribution in [2.24, 2.45) is 4.99 Å². The van der Waals surface area contributed by atoms with Crippen molar-refractivity contribution in [3.63, 3.8) is 0 Å². The van der Waals surface area contributed by atoms with Crippen molar-refractivity contribution in [1.82, 2.24) is 10.2 Å². The summed E-state index contributed by atoms with van der Waals surface area (Å²) in [6.45, 7) is 2.51. The van der Waals surface area contributed by atoms with Gasteiger partial charge in [0.05, 0.1) is 12.1 Å². The Bertz CT molecular complexity index is 918. The third-order valence-electron chi connectivity index (χ3n) is 4.42. The van der Waals surface area contributed by atoms with Crippen molar-refractivity contribution in [2.45, 2.75) is 25.3 Å². The lowest BCUT2D eigenvalue weighted by molar-refractivity contribution is -0.463. The van der Waals surface area contributed by atoms with Gasteiger partial charge in [0.25, 0.3) is 6.54 Å². The van der Waals surface area contributed by atoms with Gasteiger partial charge in [0.1, 0.15) is 17.7 Å². The zero-order valence-electron chi connectivity index (χ0n) is 18.3. The van der Waals surface area contributed by atoms with Crippen LogP contribution in [-0.2, 0) is 12.3 Å². The fraction of sp³-hybridized carbons (Fsp3) is 0.476. The molecule has 0 spiro atoms. The molecule has 1 unspecified atom stereocenters. The fourth-order valence-electron chi connectivity index (χ4n) is 2.95. The van der Waals surface area contributed by atoms with E-state index in [0.29, 0.717) is 12.3 Å². The molecule has 0 fully saturated rings. The van der Waals surface area contributed by atoms with Gasteiger partial charge in [-0.2, -0.15) is 11.8 Å². The zero-order chi connectivity index (χ0) is 23.7. The van der Waals surface area contributed by atoms with Gasteiger partial charge in [0.2, 0.25) is 0 Å². The Morgan fingerprint density at radius 1 is 1.38 bits per heavy atom. The number of aliphatic imine (C=N–C) groups is 1. The number of nitrogens with one attached hydrogen (secondary N) is 1. The molecule has 0 saturated carbocycles. The van der Waals surface area contributed by atoms with E-state index in [1.807, 2.05) is 14.1 Å². The van der Waals surface area contributed by atoms with E-state index in [9.17, 15) is 24.0 Å². The van der Waals surface area contributed by atoms with E-state index in [4.69, 9.17) is 0 Å². The number of benzene rings is 1. The molecule has 32 heavy (non-hydrogen) atoms. The maximum absolute atomic E-state index is 13.8. The predicted molar refractivity (Wildman–Crippen MR) is 126 cm³/mol. The summed E-state index contributed by atoms with van der Waals surface area (Å²) in [7, 11) is 4.07. The van der Waals surface area contributed by atoms with Crippen molar-refractivity contribution >= 4 is 28.9 Å². The number of thiophene rings is 1. The molecule has 2 aromatic rings. The van der Waals surface area contributed by atoms with Crippen LogP contribution in [0.1, 0.15) is 27.0 Å². The molecule has 1 atom stereocenters. The van der Waals surface area contributed by atoms with Gasteiger partial charge in [-0.3, -0.25) is 15.1 Å². The summed E-state index contributed by atoms with van der Waals surface area (Å²) in [6.07, 6.45) is -1.53. The summed E-state index contributed by atoms with van der Waals surface area (Å²) < 4.78 is 27.5. The summed E-state index contributed by atoms with van der Waals surface area (Å²) in [5, 5.41) is 23.9. The molecule has 0 aliphatic rings. The zero-order valence-corrected chi connectivity index (χ0v) is 19.9. The van der Waals surface area contributed by atoms with Gasteiger partial charge in [0, 0.05) is 39.3 Å². The fourth-order valence-corrected chi connectivity index (χ4v) is 5.20. The molecule has 2 rings (SSSR count). The molecule has 1 aromatic carbocycles. The van der Waals surface area contributed by atoms with Crippen LogP contribution in [0.5, 0.6) is 0 Å². The van der Waals surface area contributed by atoms with Gasteiger partial charge in [-0.25, -0.2) is 8.78 Å². The first-order valence-corrected chi connectivity index (χ1v) is 12.0. The van der Waals surface area contributed by atoms with Gasteiger partial charge in [-0.1, -0.05) is 6.07 Å². The largest absolute Gasteiger partial charge is 0.386 e. The third kappa shape index (κ3) is 8.45. The maximum atomic E-state index is 13.8. The highest BCUT2D eigenvalue weighted by molar-refractivity contribution is 7.98. The van der Waals surface area contributed by atoms with E-state index < -0.39 is 34.8 Å². The maximum Gasteiger partial charge on any atom is 0.259 e. The number of hydrogen-bond donors (Lipinski definition) is 2. The molecule has 7 nitrogen and oxygen atoms in total. The molecule has 1 heterocycles. The third-order valence-corrected chi connectivity index (χ3v) is 6.83. The molecule has 0 aliphatic heterocycles. The summed E-state index contributed by atoms with van der Waals surface area (Å²) in [6, 6.07) is 5.46. The van der Waals surface area contributed by atoms with Crippen molar-refractivity contribution in [3.05, 3.63) is 66.9 Å². The first-order valence-electron chi connectivity index (χ1n) is 9.99. The number of nitrogens with zero attached hydrogens (tertiary/aromatic N) is 3. The molecule has 0 bridgehead atoms. The summed E-state index contributed by atoms with van der Waals surface area (Å²) >= 11 is 3.48. The topological polar surface area (TPSA) is 91.0 Å². The minimum atomic E-state index is -1.53. The molecule has 0 saturated heterocycles. The van der Waals surface area contributed by atoms with E-state index in [1.54, 1.807) is 23.1 Å². The van der Waals surface area contributed by atoms with Crippen LogP contribution in [-0.4, -0.2) is 60.2 Å². The quantitative estimate of drug-likeness (QED) is 0.157. The Hall–Kier alpha value is -2.08. The SMILES string of the molecule is Cc1cc(CSCCNC(C[N+](=O)[O-])=NCC(O)c2c(F)cccc2F)sc1CN(C)C. The molecule has 11 heteroatoms. The van der Waals surface area contributed by atoms with Crippen LogP contribution in [0.25, 0.3) is 0 Å². The number of thioether (sulfide) groups is 1. The monoisotopic (exact) mass is 486 g/mol. The van der Waals surface area contributed by atoms with Crippen LogP contribution in [0.2, 0.25) is 0 Å². The van der Waals surface area contributed by atoms with E-state index in [1.165, 1.54) is 21.4 Å². The molecule has 0 amide bonds. The normalized spacial score (nSPS) is 12.9. The second-order valence-corrected chi connectivity index (χ2v) is 9.79. The minimum absolute atomic E-state index is 0.0617. The highest BCUT2D eigenvalue weighted by Gasteiger charge is 2.18. The molecule has 2 N–H and O–H groups in total. The van der Waals surface area contributed by atoms with Crippen LogP contribution in [0, 0.1) is 28.7 Å². The van der Waals surface area contributed by atoms with Gasteiger partial charge in [-0.15, -0.1) is 11.3 Å². The average molecular weight is 487 g/mol. The van der Waals surface area contributed by atoms with Crippen LogP contribution in [0.15, 0.2) is 29.3 Å². The van der Waals surface area contributed by atoms with Gasteiger partial charge >= 0.3 is 0 Å². The number of aliphatic hydroxyl groups is 1.